The average Bonchev–Trinajstić information content (AvgIpc) is 2.66. The van der Waals surface area contributed by atoms with Crippen molar-refractivity contribution < 1.29 is 22.7 Å². The van der Waals surface area contributed by atoms with Crippen LogP contribution >= 0.6 is 0 Å². The maximum absolute atomic E-state index is 12.7. The van der Waals surface area contributed by atoms with Crippen LogP contribution in [0, 0.1) is 12.8 Å². The number of halogens is 3. The smallest absolute Gasteiger partial charge is 0.381 e. The van der Waals surface area contributed by atoms with Gasteiger partial charge in [-0.15, -0.1) is 0 Å². The van der Waals surface area contributed by atoms with Crippen LogP contribution in [-0.4, -0.2) is 24.1 Å². The Morgan fingerprint density at radius 2 is 1.93 bits per heavy atom. The average molecular weight is 394 g/mol. The molecule has 1 aliphatic heterocycles. The summed E-state index contributed by atoms with van der Waals surface area (Å²) in [6.45, 7) is 3.06. The van der Waals surface area contributed by atoms with E-state index >= 15 is 0 Å². The molecule has 0 bridgehead atoms. The number of nitrogens with one attached hydrogen (secondary N) is 2. The summed E-state index contributed by atoms with van der Waals surface area (Å²) in [5, 5.41) is 2.82. The Bertz CT molecular complexity index is 885. The van der Waals surface area contributed by atoms with Crippen LogP contribution in [0.2, 0.25) is 0 Å². The number of aromatic amines is 1. The second-order valence-electron chi connectivity index (χ2n) is 6.95. The van der Waals surface area contributed by atoms with Crippen molar-refractivity contribution in [3.63, 3.8) is 0 Å². The lowest BCUT2D eigenvalue weighted by atomic mass is 9.88. The van der Waals surface area contributed by atoms with E-state index in [4.69, 9.17) is 4.74 Å². The minimum atomic E-state index is -4.68. The summed E-state index contributed by atoms with van der Waals surface area (Å²) >= 11 is 0. The molecule has 1 aromatic carbocycles. The summed E-state index contributed by atoms with van der Waals surface area (Å²) < 4.78 is 43.7. The molecule has 0 radical (unpaired) electrons. The fraction of sp³-hybridized carbons (Fsp3) is 0.400. The quantitative estimate of drug-likeness (QED) is 0.833. The first-order valence-corrected chi connectivity index (χ1v) is 9.01. The second-order valence-corrected chi connectivity index (χ2v) is 6.95. The maximum atomic E-state index is 12.7. The number of hydrogen-bond acceptors (Lipinski definition) is 3. The first-order valence-electron chi connectivity index (χ1n) is 9.01. The number of hydrogen-bond donors (Lipinski definition) is 2. The molecular formula is C20H21F3N2O3. The van der Waals surface area contributed by atoms with Crippen molar-refractivity contribution in [3.8, 4) is 0 Å². The lowest BCUT2D eigenvalue weighted by Crippen LogP contribution is -2.39. The van der Waals surface area contributed by atoms with E-state index in [0.29, 0.717) is 19.3 Å². The standard InChI is InChI=1S/C20H21F3N2O3/c1-12-4-6-13(7-5-12)17(14-3-2-10-28-11-14)25-19(27)15-8-9-16(20(21,22)23)24-18(15)26/h4-9,14,17H,2-3,10-11H2,1H3,(H,24,26)(H,25,27)/t14?,17-/m0/s1. The van der Waals surface area contributed by atoms with Gasteiger partial charge in [0, 0.05) is 12.5 Å². The largest absolute Gasteiger partial charge is 0.431 e. The van der Waals surface area contributed by atoms with Gasteiger partial charge in [-0.1, -0.05) is 29.8 Å². The highest BCUT2D eigenvalue weighted by Crippen LogP contribution is 2.30. The molecule has 1 amide bonds. The van der Waals surface area contributed by atoms with Gasteiger partial charge in [0.1, 0.15) is 11.3 Å². The van der Waals surface area contributed by atoms with Gasteiger partial charge in [0.25, 0.3) is 11.5 Å². The Morgan fingerprint density at radius 1 is 1.21 bits per heavy atom. The molecule has 1 aliphatic rings. The van der Waals surface area contributed by atoms with E-state index in [0.717, 1.165) is 30.0 Å². The normalized spacial score (nSPS) is 18.5. The number of amides is 1. The summed E-state index contributed by atoms with van der Waals surface area (Å²) in [6.07, 6.45) is -3.00. The molecule has 0 aliphatic carbocycles. The third-order valence-electron chi connectivity index (χ3n) is 4.85. The molecule has 2 N–H and O–H groups in total. The number of carbonyl (C=O) groups excluding carboxylic acids is 1. The monoisotopic (exact) mass is 394 g/mol. The summed E-state index contributed by atoms with van der Waals surface area (Å²) in [5.41, 5.74) is -0.702. The number of rotatable bonds is 4. The number of pyridine rings is 1. The predicted octanol–water partition coefficient (Wildman–Crippen LogP) is 3.60. The summed E-state index contributed by atoms with van der Waals surface area (Å²) in [4.78, 5) is 26.4. The summed E-state index contributed by atoms with van der Waals surface area (Å²) in [5.74, 6) is -0.708. The van der Waals surface area contributed by atoms with E-state index in [1.807, 2.05) is 31.2 Å². The van der Waals surface area contributed by atoms with Gasteiger partial charge >= 0.3 is 6.18 Å². The Balaban J connectivity index is 1.87. The Hall–Kier alpha value is -2.61. The molecule has 8 heteroatoms. The van der Waals surface area contributed by atoms with E-state index in [1.54, 1.807) is 4.98 Å². The van der Waals surface area contributed by atoms with Crippen LogP contribution in [0.15, 0.2) is 41.2 Å². The van der Waals surface area contributed by atoms with E-state index in [9.17, 15) is 22.8 Å². The number of ether oxygens (including phenoxy) is 1. The highest BCUT2D eigenvalue weighted by molar-refractivity contribution is 5.94. The Kier molecular flexibility index (Phi) is 5.88. The van der Waals surface area contributed by atoms with Crippen LogP contribution in [-0.2, 0) is 10.9 Å². The van der Waals surface area contributed by atoms with Gasteiger partial charge in [-0.2, -0.15) is 13.2 Å². The molecule has 1 saturated heterocycles. The van der Waals surface area contributed by atoms with Crippen LogP contribution in [0.5, 0.6) is 0 Å². The first-order chi connectivity index (χ1) is 13.3. The number of benzene rings is 1. The highest BCUT2D eigenvalue weighted by Gasteiger charge is 2.33. The van der Waals surface area contributed by atoms with Gasteiger partial charge in [-0.3, -0.25) is 9.59 Å². The Labute approximate surface area is 159 Å². The lowest BCUT2D eigenvalue weighted by Gasteiger charge is -2.31. The van der Waals surface area contributed by atoms with Crippen molar-refractivity contribution in [1.29, 1.82) is 0 Å². The molecule has 28 heavy (non-hydrogen) atoms. The number of alkyl halides is 3. The van der Waals surface area contributed by atoms with Crippen molar-refractivity contribution in [1.82, 2.24) is 10.3 Å². The number of carbonyl (C=O) groups is 1. The minimum absolute atomic E-state index is 0.00827. The van der Waals surface area contributed by atoms with Gasteiger partial charge in [-0.05, 0) is 37.5 Å². The van der Waals surface area contributed by atoms with E-state index in [2.05, 4.69) is 5.32 Å². The number of H-pyrrole nitrogens is 1. The van der Waals surface area contributed by atoms with Crippen LogP contribution in [0.3, 0.4) is 0 Å². The molecule has 150 valence electrons. The van der Waals surface area contributed by atoms with Crippen molar-refractivity contribution >= 4 is 5.91 Å². The van der Waals surface area contributed by atoms with Gasteiger partial charge < -0.3 is 15.0 Å². The van der Waals surface area contributed by atoms with Crippen molar-refractivity contribution in [2.24, 2.45) is 5.92 Å². The zero-order chi connectivity index (χ0) is 20.3. The predicted molar refractivity (Wildman–Crippen MR) is 97.0 cm³/mol. The molecule has 2 aromatic rings. The molecule has 3 rings (SSSR count). The first kappa shape index (κ1) is 20.1. The third kappa shape index (κ3) is 4.62. The Morgan fingerprint density at radius 3 is 2.50 bits per heavy atom. The van der Waals surface area contributed by atoms with Gasteiger partial charge in [-0.25, -0.2) is 0 Å². The molecule has 1 unspecified atom stereocenters. The summed E-state index contributed by atoms with van der Waals surface area (Å²) in [6, 6.07) is 8.82. The fourth-order valence-electron chi connectivity index (χ4n) is 3.31. The fourth-order valence-corrected chi connectivity index (χ4v) is 3.31. The zero-order valence-corrected chi connectivity index (χ0v) is 15.3. The van der Waals surface area contributed by atoms with Crippen molar-refractivity contribution in [2.45, 2.75) is 32.0 Å². The SMILES string of the molecule is Cc1ccc([C@H](NC(=O)c2ccc(C(F)(F)F)[nH]c2=O)C2CCCOC2)cc1. The van der Waals surface area contributed by atoms with E-state index in [-0.39, 0.29) is 11.5 Å². The molecular weight excluding hydrogens is 373 g/mol. The molecule has 2 heterocycles. The maximum Gasteiger partial charge on any atom is 0.431 e. The molecule has 1 fully saturated rings. The molecule has 0 spiro atoms. The number of aryl methyl sites for hydroxylation is 1. The second kappa shape index (κ2) is 8.18. The van der Waals surface area contributed by atoms with Crippen molar-refractivity contribution in [3.05, 3.63) is 69.1 Å². The lowest BCUT2D eigenvalue weighted by molar-refractivity contribution is -0.141. The van der Waals surface area contributed by atoms with Crippen LogP contribution in [0.1, 0.15) is 46.1 Å². The minimum Gasteiger partial charge on any atom is -0.381 e. The number of aromatic nitrogens is 1. The van der Waals surface area contributed by atoms with Gasteiger partial charge in [0.2, 0.25) is 0 Å². The summed E-state index contributed by atoms with van der Waals surface area (Å²) in [7, 11) is 0. The molecule has 0 saturated carbocycles. The highest BCUT2D eigenvalue weighted by atomic mass is 19.4. The third-order valence-corrected chi connectivity index (χ3v) is 4.85. The van der Waals surface area contributed by atoms with Crippen molar-refractivity contribution in [2.75, 3.05) is 13.2 Å². The molecule has 1 aromatic heterocycles. The topological polar surface area (TPSA) is 71.2 Å². The molecule has 5 nitrogen and oxygen atoms in total. The van der Waals surface area contributed by atoms with Crippen LogP contribution < -0.4 is 10.9 Å². The van der Waals surface area contributed by atoms with Crippen LogP contribution in [0.25, 0.3) is 0 Å². The van der Waals surface area contributed by atoms with Crippen LogP contribution in [0.4, 0.5) is 13.2 Å². The van der Waals surface area contributed by atoms with E-state index in [1.165, 1.54) is 0 Å². The van der Waals surface area contributed by atoms with E-state index < -0.39 is 29.4 Å². The zero-order valence-electron chi connectivity index (χ0n) is 15.3. The van der Waals surface area contributed by atoms with Gasteiger partial charge in [0.15, 0.2) is 0 Å². The molecule has 2 atom stereocenters. The van der Waals surface area contributed by atoms with Gasteiger partial charge in [0.05, 0.1) is 12.6 Å².